The molecule has 0 aliphatic carbocycles. The first-order valence-electron chi connectivity index (χ1n) is 8.04. The molecule has 2 aromatic rings. The molecule has 0 radical (unpaired) electrons. The second-order valence-electron chi connectivity index (χ2n) is 6.36. The molecule has 0 aliphatic rings. The van der Waals surface area contributed by atoms with E-state index in [1.54, 1.807) is 12.1 Å². The van der Waals surface area contributed by atoms with Gasteiger partial charge in [-0.15, -0.1) is 0 Å². The Labute approximate surface area is 148 Å². The van der Waals surface area contributed by atoms with Crippen LogP contribution in [0.25, 0.3) is 0 Å². The van der Waals surface area contributed by atoms with Crippen LogP contribution in [0.2, 0.25) is 0 Å². The maximum Gasteiger partial charge on any atom is 0.238 e. The van der Waals surface area contributed by atoms with Crippen molar-refractivity contribution in [3.63, 3.8) is 0 Å². The minimum atomic E-state index is -3.24. The summed E-state index contributed by atoms with van der Waals surface area (Å²) in [6, 6.07) is 10.1. The molecule has 136 valence electrons. The fourth-order valence-electron chi connectivity index (χ4n) is 2.36. The van der Waals surface area contributed by atoms with Crippen molar-refractivity contribution in [1.82, 2.24) is 4.90 Å². The summed E-state index contributed by atoms with van der Waals surface area (Å²) in [7, 11) is -3.24. The predicted octanol–water partition coefficient (Wildman–Crippen LogP) is 2.84. The molecule has 25 heavy (non-hydrogen) atoms. The van der Waals surface area contributed by atoms with Gasteiger partial charge in [-0.05, 0) is 57.2 Å². The summed E-state index contributed by atoms with van der Waals surface area (Å²) in [6.07, 6.45) is 1.15. The van der Waals surface area contributed by atoms with E-state index in [0.717, 1.165) is 17.8 Å². The van der Waals surface area contributed by atoms with E-state index in [-0.39, 0.29) is 23.4 Å². The highest BCUT2D eigenvalue weighted by Crippen LogP contribution is 2.15. The highest BCUT2D eigenvalue weighted by Gasteiger charge is 2.16. The minimum absolute atomic E-state index is 0.163. The Morgan fingerprint density at radius 2 is 1.80 bits per heavy atom. The maximum atomic E-state index is 12.3. The van der Waals surface area contributed by atoms with Crippen molar-refractivity contribution >= 4 is 21.4 Å². The summed E-state index contributed by atoms with van der Waals surface area (Å²) in [6.45, 7) is 6.68. The second kappa shape index (κ2) is 7.84. The number of aryl methyl sites for hydroxylation is 1. The molecule has 1 heterocycles. The van der Waals surface area contributed by atoms with Gasteiger partial charge >= 0.3 is 0 Å². The molecule has 0 aliphatic heterocycles. The molecule has 1 aromatic heterocycles. The van der Waals surface area contributed by atoms with Crippen LogP contribution >= 0.6 is 0 Å². The van der Waals surface area contributed by atoms with Crippen LogP contribution in [0.5, 0.6) is 0 Å². The van der Waals surface area contributed by atoms with Crippen molar-refractivity contribution in [3.8, 4) is 0 Å². The number of anilines is 1. The van der Waals surface area contributed by atoms with Gasteiger partial charge < -0.3 is 9.73 Å². The normalized spacial score (nSPS) is 11.9. The second-order valence-corrected chi connectivity index (χ2v) is 8.37. The van der Waals surface area contributed by atoms with E-state index in [1.807, 2.05) is 37.8 Å². The molecular formula is C18H24N2O4S. The van der Waals surface area contributed by atoms with Crippen molar-refractivity contribution in [2.75, 3.05) is 18.1 Å². The van der Waals surface area contributed by atoms with Gasteiger partial charge in [0.15, 0.2) is 9.84 Å². The van der Waals surface area contributed by atoms with Gasteiger partial charge in [-0.1, -0.05) is 0 Å². The van der Waals surface area contributed by atoms with Crippen LogP contribution in [0.3, 0.4) is 0 Å². The number of rotatable bonds is 7. The summed E-state index contributed by atoms with van der Waals surface area (Å²) in [5, 5.41) is 2.79. The number of hydrogen-bond acceptors (Lipinski definition) is 5. The maximum absolute atomic E-state index is 12.3. The van der Waals surface area contributed by atoms with Crippen LogP contribution in [-0.2, 0) is 21.2 Å². The average molecular weight is 364 g/mol. The molecule has 0 bridgehead atoms. The Hall–Kier alpha value is -2.12. The Morgan fingerprint density at radius 1 is 1.16 bits per heavy atom. The predicted molar refractivity (Wildman–Crippen MR) is 97.2 cm³/mol. The largest absolute Gasteiger partial charge is 0.465 e. The molecule has 1 N–H and O–H groups in total. The highest BCUT2D eigenvalue weighted by molar-refractivity contribution is 7.90. The zero-order valence-electron chi connectivity index (χ0n) is 14.9. The van der Waals surface area contributed by atoms with Crippen LogP contribution in [-0.4, -0.2) is 38.1 Å². The summed E-state index contributed by atoms with van der Waals surface area (Å²) in [5.74, 6) is 1.50. The van der Waals surface area contributed by atoms with Crippen molar-refractivity contribution in [2.24, 2.45) is 0 Å². The third kappa shape index (κ3) is 5.72. The van der Waals surface area contributed by atoms with Crippen LogP contribution < -0.4 is 5.32 Å². The Kier molecular flexibility index (Phi) is 6.02. The number of amides is 1. The summed E-state index contributed by atoms with van der Waals surface area (Å²) >= 11 is 0. The van der Waals surface area contributed by atoms with E-state index in [0.29, 0.717) is 12.2 Å². The lowest BCUT2D eigenvalue weighted by atomic mass is 10.2. The van der Waals surface area contributed by atoms with E-state index in [1.165, 1.54) is 12.1 Å². The van der Waals surface area contributed by atoms with Gasteiger partial charge in [0.1, 0.15) is 11.5 Å². The third-order valence-electron chi connectivity index (χ3n) is 3.80. The summed E-state index contributed by atoms with van der Waals surface area (Å²) in [4.78, 5) is 14.5. The molecule has 0 saturated heterocycles. The highest BCUT2D eigenvalue weighted by atomic mass is 32.2. The lowest BCUT2D eigenvalue weighted by molar-refractivity contribution is -0.117. The standard InChI is InChI=1S/C18H24N2O4S/c1-13(2)20(11-16-8-5-14(3)24-16)12-18(21)19-15-6-9-17(10-7-15)25(4,22)23/h5-10,13H,11-12H2,1-4H3,(H,19,21). The SMILES string of the molecule is Cc1ccc(CN(CC(=O)Nc2ccc(S(C)(=O)=O)cc2)C(C)C)o1. The van der Waals surface area contributed by atoms with Gasteiger partial charge in [0, 0.05) is 18.0 Å². The fraction of sp³-hybridized carbons (Fsp3) is 0.389. The van der Waals surface area contributed by atoms with E-state index in [2.05, 4.69) is 5.32 Å². The van der Waals surface area contributed by atoms with Crippen LogP contribution in [0, 0.1) is 6.92 Å². The van der Waals surface area contributed by atoms with Gasteiger partial charge in [0.05, 0.1) is 18.0 Å². The number of furan rings is 1. The Morgan fingerprint density at radius 3 is 2.28 bits per heavy atom. The molecule has 0 spiro atoms. The van der Waals surface area contributed by atoms with Crippen LogP contribution in [0.1, 0.15) is 25.4 Å². The summed E-state index contributed by atoms with van der Waals surface area (Å²) < 4.78 is 28.5. The average Bonchev–Trinajstić information content (AvgIpc) is 2.91. The first-order valence-corrected chi connectivity index (χ1v) is 9.93. The topological polar surface area (TPSA) is 79.6 Å². The monoisotopic (exact) mass is 364 g/mol. The Balaban J connectivity index is 1.99. The van der Waals surface area contributed by atoms with E-state index in [9.17, 15) is 13.2 Å². The van der Waals surface area contributed by atoms with E-state index < -0.39 is 9.84 Å². The fourth-order valence-corrected chi connectivity index (χ4v) is 2.99. The lowest BCUT2D eigenvalue weighted by Crippen LogP contribution is -2.37. The quantitative estimate of drug-likeness (QED) is 0.817. The number of nitrogens with zero attached hydrogens (tertiary/aromatic N) is 1. The van der Waals surface area contributed by atoms with E-state index in [4.69, 9.17) is 4.42 Å². The van der Waals surface area contributed by atoms with Crippen LogP contribution in [0.4, 0.5) is 5.69 Å². The first kappa shape index (κ1) is 19.2. The van der Waals surface area contributed by atoms with Crippen molar-refractivity contribution in [3.05, 3.63) is 47.9 Å². The van der Waals surface area contributed by atoms with Gasteiger partial charge in [0.25, 0.3) is 0 Å². The number of hydrogen-bond donors (Lipinski definition) is 1. The van der Waals surface area contributed by atoms with Gasteiger partial charge in [-0.2, -0.15) is 0 Å². The molecule has 2 rings (SSSR count). The van der Waals surface area contributed by atoms with Crippen molar-refractivity contribution < 1.29 is 17.6 Å². The number of sulfone groups is 1. The number of carbonyl (C=O) groups excluding carboxylic acids is 1. The molecule has 0 atom stereocenters. The number of benzene rings is 1. The van der Waals surface area contributed by atoms with Crippen molar-refractivity contribution in [2.45, 2.75) is 38.3 Å². The van der Waals surface area contributed by atoms with Gasteiger partial charge in [-0.3, -0.25) is 9.69 Å². The summed E-state index contributed by atoms with van der Waals surface area (Å²) in [5.41, 5.74) is 0.565. The molecule has 1 aromatic carbocycles. The van der Waals surface area contributed by atoms with Gasteiger partial charge in [-0.25, -0.2) is 8.42 Å². The lowest BCUT2D eigenvalue weighted by Gasteiger charge is -2.24. The zero-order valence-corrected chi connectivity index (χ0v) is 15.8. The molecule has 6 nitrogen and oxygen atoms in total. The smallest absolute Gasteiger partial charge is 0.238 e. The third-order valence-corrected chi connectivity index (χ3v) is 4.93. The molecular weight excluding hydrogens is 340 g/mol. The molecule has 1 amide bonds. The molecule has 0 fully saturated rings. The van der Waals surface area contributed by atoms with Crippen LogP contribution in [0.15, 0.2) is 45.7 Å². The van der Waals surface area contributed by atoms with Crippen molar-refractivity contribution in [1.29, 1.82) is 0 Å². The minimum Gasteiger partial charge on any atom is -0.465 e. The first-order chi connectivity index (χ1) is 11.6. The molecule has 0 unspecified atom stereocenters. The Bertz CT molecular complexity index is 823. The van der Waals surface area contributed by atoms with E-state index >= 15 is 0 Å². The molecule has 0 saturated carbocycles. The molecule has 7 heteroatoms. The number of nitrogens with one attached hydrogen (secondary N) is 1. The van der Waals surface area contributed by atoms with Gasteiger partial charge in [0.2, 0.25) is 5.91 Å². The zero-order chi connectivity index (χ0) is 18.6. The number of carbonyl (C=O) groups is 1.